The largest absolute Gasteiger partial charge is 0.298 e. The number of rotatable bonds is 4. The third-order valence-electron chi connectivity index (χ3n) is 5.54. The van der Waals surface area contributed by atoms with E-state index in [-0.39, 0.29) is 10.8 Å². The van der Waals surface area contributed by atoms with Crippen molar-refractivity contribution in [3.05, 3.63) is 53.1 Å². The van der Waals surface area contributed by atoms with E-state index >= 15 is 0 Å². The topological polar surface area (TPSA) is 79.4 Å². The summed E-state index contributed by atoms with van der Waals surface area (Å²) in [6.45, 7) is 7.18. The lowest BCUT2D eigenvalue weighted by molar-refractivity contribution is 0.102. The zero-order valence-electron chi connectivity index (χ0n) is 17.3. The van der Waals surface area contributed by atoms with Crippen molar-refractivity contribution >= 4 is 42.6 Å². The standard InChI is InChI=1S/C22H25N3O3S2/c1-14-5-4-12-25(13-14)30(27,28)18-10-8-17(9-11-18)21(26)24-22-23-19-15(2)6-7-16(3)20(19)29-22/h6-11,14H,4-5,12-13H2,1-3H3,(H,23,24,26)/t14-/m0/s1. The number of nitrogens with zero attached hydrogens (tertiary/aromatic N) is 2. The second-order valence-electron chi connectivity index (χ2n) is 7.99. The SMILES string of the molecule is Cc1ccc(C)c2sc(NC(=O)c3ccc(S(=O)(=O)N4CCC[C@H](C)C4)cc3)nc12. The van der Waals surface area contributed by atoms with Crippen LogP contribution in [-0.2, 0) is 10.0 Å². The number of thiazole rings is 1. The van der Waals surface area contributed by atoms with Gasteiger partial charge in [0.15, 0.2) is 5.13 Å². The Labute approximate surface area is 181 Å². The van der Waals surface area contributed by atoms with Crippen LogP contribution in [0, 0.1) is 19.8 Å². The van der Waals surface area contributed by atoms with Crippen molar-refractivity contribution in [2.24, 2.45) is 5.92 Å². The molecule has 0 radical (unpaired) electrons. The molecule has 6 nitrogen and oxygen atoms in total. The van der Waals surface area contributed by atoms with E-state index in [0.717, 1.165) is 34.2 Å². The number of hydrogen-bond donors (Lipinski definition) is 1. The predicted octanol–water partition coefficient (Wildman–Crippen LogP) is 4.59. The number of hydrogen-bond acceptors (Lipinski definition) is 5. The van der Waals surface area contributed by atoms with E-state index in [4.69, 9.17) is 0 Å². The summed E-state index contributed by atoms with van der Waals surface area (Å²) in [6, 6.07) is 10.2. The van der Waals surface area contributed by atoms with Crippen LogP contribution in [0.3, 0.4) is 0 Å². The first-order valence-electron chi connectivity index (χ1n) is 10.0. The van der Waals surface area contributed by atoms with Crippen molar-refractivity contribution in [2.75, 3.05) is 18.4 Å². The van der Waals surface area contributed by atoms with Crippen LogP contribution in [0.4, 0.5) is 5.13 Å². The molecule has 0 unspecified atom stereocenters. The van der Waals surface area contributed by atoms with Crippen LogP contribution in [0.1, 0.15) is 41.3 Å². The van der Waals surface area contributed by atoms with Gasteiger partial charge in [-0.2, -0.15) is 4.31 Å². The number of aromatic nitrogens is 1. The highest BCUT2D eigenvalue weighted by molar-refractivity contribution is 7.89. The zero-order chi connectivity index (χ0) is 21.5. The molecule has 0 bridgehead atoms. The predicted molar refractivity (Wildman–Crippen MR) is 121 cm³/mol. The number of piperidine rings is 1. The Kier molecular flexibility index (Phi) is 5.65. The summed E-state index contributed by atoms with van der Waals surface area (Å²) in [5.74, 6) is 0.0552. The van der Waals surface area contributed by atoms with Crippen molar-refractivity contribution in [3.8, 4) is 0 Å². The number of anilines is 1. The fraction of sp³-hybridized carbons (Fsp3) is 0.364. The van der Waals surface area contributed by atoms with Crippen LogP contribution < -0.4 is 5.32 Å². The second kappa shape index (κ2) is 8.09. The quantitative estimate of drug-likeness (QED) is 0.640. The minimum Gasteiger partial charge on any atom is -0.298 e. The van der Waals surface area contributed by atoms with Gasteiger partial charge in [0.05, 0.1) is 15.1 Å². The van der Waals surface area contributed by atoms with E-state index in [2.05, 4.69) is 17.2 Å². The molecule has 30 heavy (non-hydrogen) atoms. The van der Waals surface area contributed by atoms with Crippen molar-refractivity contribution < 1.29 is 13.2 Å². The lowest BCUT2D eigenvalue weighted by Crippen LogP contribution is -2.39. The van der Waals surface area contributed by atoms with Crippen LogP contribution in [-0.4, -0.2) is 36.7 Å². The number of benzene rings is 2. The van der Waals surface area contributed by atoms with Crippen LogP contribution in [0.15, 0.2) is 41.3 Å². The van der Waals surface area contributed by atoms with E-state index in [0.29, 0.717) is 29.7 Å². The smallest absolute Gasteiger partial charge is 0.257 e. The summed E-state index contributed by atoms with van der Waals surface area (Å²) in [4.78, 5) is 17.4. The molecule has 1 aromatic heterocycles. The number of aryl methyl sites for hydroxylation is 2. The van der Waals surface area contributed by atoms with Gasteiger partial charge in [-0.15, -0.1) is 0 Å². The lowest BCUT2D eigenvalue weighted by atomic mass is 10.0. The first kappa shape index (κ1) is 21.0. The first-order chi connectivity index (χ1) is 14.3. The molecule has 3 aromatic rings. The summed E-state index contributed by atoms with van der Waals surface area (Å²) in [5.41, 5.74) is 3.48. The number of sulfonamides is 1. The van der Waals surface area contributed by atoms with Gasteiger partial charge in [-0.05, 0) is 68.0 Å². The summed E-state index contributed by atoms with van der Waals surface area (Å²) < 4.78 is 28.4. The third kappa shape index (κ3) is 3.99. The average Bonchev–Trinajstić information content (AvgIpc) is 3.16. The highest BCUT2D eigenvalue weighted by Gasteiger charge is 2.28. The molecule has 1 fully saturated rings. The Morgan fingerprint density at radius 3 is 2.50 bits per heavy atom. The number of amides is 1. The Balaban J connectivity index is 1.52. The normalized spacial score (nSPS) is 17.9. The zero-order valence-corrected chi connectivity index (χ0v) is 18.9. The Morgan fingerprint density at radius 1 is 1.13 bits per heavy atom. The minimum atomic E-state index is -3.53. The molecule has 2 heterocycles. The molecule has 0 saturated carbocycles. The second-order valence-corrected chi connectivity index (χ2v) is 10.9. The number of fused-ring (bicyclic) bond motifs is 1. The van der Waals surface area contributed by atoms with Crippen molar-refractivity contribution in [2.45, 2.75) is 38.5 Å². The van der Waals surface area contributed by atoms with Gasteiger partial charge in [0.2, 0.25) is 10.0 Å². The molecule has 2 aromatic carbocycles. The number of nitrogens with one attached hydrogen (secondary N) is 1. The van der Waals surface area contributed by atoms with Gasteiger partial charge < -0.3 is 0 Å². The van der Waals surface area contributed by atoms with Gasteiger partial charge in [-0.25, -0.2) is 13.4 Å². The maximum atomic E-state index is 12.9. The summed E-state index contributed by atoms with van der Waals surface area (Å²) in [6.07, 6.45) is 1.93. The Morgan fingerprint density at radius 2 is 1.83 bits per heavy atom. The highest BCUT2D eigenvalue weighted by Crippen LogP contribution is 2.31. The van der Waals surface area contributed by atoms with Gasteiger partial charge in [-0.3, -0.25) is 10.1 Å². The molecule has 1 N–H and O–H groups in total. The van der Waals surface area contributed by atoms with Gasteiger partial charge in [-0.1, -0.05) is 30.4 Å². The lowest BCUT2D eigenvalue weighted by Gasteiger charge is -2.30. The van der Waals surface area contributed by atoms with E-state index in [9.17, 15) is 13.2 Å². The molecule has 4 rings (SSSR count). The van der Waals surface area contributed by atoms with Gasteiger partial charge >= 0.3 is 0 Å². The molecular weight excluding hydrogens is 418 g/mol. The molecule has 0 aliphatic carbocycles. The summed E-state index contributed by atoms with van der Waals surface area (Å²) in [7, 11) is -3.53. The van der Waals surface area contributed by atoms with Crippen molar-refractivity contribution in [3.63, 3.8) is 0 Å². The molecule has 0 spiro atoms. The van der Waals surface area contributed by atoms with Crippen LogP contribution >= 0.6 is 11.3 Å². The van der Waals surface area contributed by atoms with Crippen LogP contribution in [0.2, 0.25) is 0 Å². The molecule has 1 amide bonds. The number of carbonyl (C=O) groups excluding carboxylic acids is 1. The van der Waals surface area contributed by atoms with Crippen molar-refractivity contribution in [1.29, 1.82) is 0 Å². The first-order valence-corrected chi connectivity index (χ1v) is 12.3. The average molecular weight is 444 g/mol. The molecule has 1 aliphatic heterocycles. The van der Waals surface area contributed by atoms with E-state index in [1.165, 1.54) is 23.5 Å². The molecule has 1 saturated heterocycles. The van der Waals surface area contributed by atoms with Crippen LogP contribution in [0.5, 0.6) is 0 Å². The molecule has 158 valence electrons. The minimum absolute atomic E-state index is 0.222. The molecular formula is C22H25N3O3S2. The Hall–Kier alpha value is -2.29. The van der Waals surface area contributed by atoms with Crippen LogP contribution in [0.25, 0.3) is 10.2 Å². The number of carbonyl (C=O) groups is 1. The molecule has 1 atom stereocenters. The molecule has 1 aliphatic rings. The van der Waals surface area contributed by atoms with E-state index < -0.39 is 10.0 Å². The fourth-order valence-corrected chi connectivity index (χ4v) is 6.38. The van der Waals surface area contributed by atoms with Crippen molar-refractivity contribution in [1.82, 2.24) is 9.29 Å². The van der Waals surface area contributed by atoms with E-state index in [1.807, 2.05) is 26.0 Å². The Bertz CT molecular complexity index is 1160. The third-order valence-corrected chi connectivity index (χ3v) is 8.52. The highest BCUT2D eigenvalue weighted by atomic mass is 32.2. The summed E-state index contributed by atoms with van der Waals surface area (Å²) >= 11 is 1.44. The van der Waals surface area contributed by atoms with E-state index in [1.54, 1.807) is 16.4 Å². The molecule has 8 heteroatoms. The maximum Gasteiger partial charge on any atom is 0.257 e. The maximum absolute atomic E-state index is 12.9. The van der Waals surface area contributed by atoms with Gasteiger partial charge in [0.1, 0.15) is 0 Å². The monoisotopic (exact) mass is 443 g/mol. The van der Waals surface area contributed by atoms with Gasteiger partial charge in [0, 0.05) is 18.7 Å². The fourth-order valence-electron chi connectivity index (χ4n) is 3.77. The van der Waals surface area contributed by atoms with Gasteiger partial charge in [0.25, 0.3) is 5.91 Å². The summed E-state index contributed by atoms with van der Waals surface area (Å²) in [5, 5.41) is 3.37.